The summed E-state index contributed by atoms with van der Waals surface area (Å²) in [5.41, 5.74) is 5.22. The minimum Gasteiger partial charge on any atom is -0.345 e. The van der Waals surface area contributed by atoms with Gasteiger partial charge in [-0.3, -0.25) is 5.10 Å². The molecule has 0 aliphatic heterocycles. The van der Waals surface area contributed by atoms with Crippen LogP contribution in [-0.4, -0.2) is 20.2 Å². The molecule has 0 amide bonds. The van der Waals surface area contributed by atoms with E-state index in [1.54, 1.807) is 6.20 Å². The van der Waals surface area contributed by atoms with Gasteiger partial charge < -0.3 is 4.98 Å². The number of pyridine rings is 1. The van der Waals surface area contributed by atoms with E-state index in [0.29, 0.717) is 0 Å². The number of halogens is 1. The smallest absolute Gasteiger partial charge is 0.137 e. The Morgan fingerprint density at radius 3 is 2.62 bits per heavy atom. The number of nitrogens with one attached hydrogen (secondary N) is 2. The topological polar surface area (TPSA) is 57.4 Å². The van der Waals surface area contributed by atoms with Gasteiger partial charge in [0.05, 0.1) is 11.9 Å². The first-order chi connectivity index (χ1) is 9.93. The summed E-state index contributed by atoms with van der Waals surface area (Å²) < 4.78 is 0. The molecule has 21 heavy (non-hydrogen) atoms. The molecular formula is C16H13ClN4. The third kappa shape index (κ3) is 2.19. The molecule has 104 valence electrons. The van der Waals surface area contributed by atoms with Crippen molar-refractivity contribution in [2.75, 3.05) is 0 Å². The summed E-state index contributed by atoms with van der Waals surface area (Å²) in [6.45, 7) is 0. The van der Waals surface area contributed by atoms with Crippen LogP contribution in [0.3, 0.4) is 0 Å². The van der Waals surface area contributed by atoms with E-state index < -0.39 is 0 Å². The van der Waals surface area contributed by atoms with Gasteiger partial charge in [0.25, 0.3) is 0 Å². The number of H-pyrrole nitrogens is 2. The van der Waals surface area contributed by atoms with Crippen LogP contribution in [0.25, 0.3) is 33.4 Å². The number of rotatable bonds is 2. The van der Waals surface area contributed by atoms with Gasteiger partial charge in [0.2, 0.25) is 0 Å². The number of aromatic amines is 2. The number of aromatic nitrogens is 4. The van der Waals surface area contributed by atoms with E-state index in [0.717, 1.165) is 33.4 Å². The van der Waals surface area contributed by atoms with Crippen molar-refractivity contribution >= 4 is 23.4 Å². The highest BCUT2D eigenvalue weighted by molar-refractivity contribution is 5.96. The molecule has 0 saturated heterocycles. The summed E-state index contributed by atoms with van der Waals surface area (Å²) in [7, 11) is 0. The lowest BCUT2D eigenvalue weighted by Gasteiger charge is -2.02. The molecule has 4 nitrogen and oxygen atoms in total. The Morgan fingerprint density at radius 2 is 1.76 bits per heavy atom. The fraction of sp³-hybridized carbons (Fsp3) is 0. The van der Waals surface area contributed by atoms with Crippen molar-refractivity contribution in [2.45, 2.75) is 0 Å². The molecule has 0 fully saturated rings. The zero-order valence-corrected chi connectivity index (χ0v) is 11.9. The highest BCUT2D eigenvalue weighted by atomic mass is 35.5. The van der Waals surface area contributed by atoms with Gasteiger partial charge in [-0.15, -0.1) is 12.4 Å². The fourth-order valence-electron chi connectivity index (χ4n) is 2.49. The molecule has 0 saturated carbocycles. The number of hydrogen-bond donors (Lipinski definition) is 2. The highest BCUT2D eigenvalue weighted by Gasteiger charge is 2.13. The second kappa shape index (κ2) is 5.42. The van der Waals surface area contributed by atoms with Gasteiger partial charge in [0.1, 0.15) is 5.65 Å². The van der Waals surface area contributed by atoms with E-state index >= 15 is 0 Å². The van der Waals surface area contributed by atoms with Gasteiger partial charge in [0, 0.05) is 28.9 Å². The lowest BCUT2D eigenvalue weighted by molar-refractivity contribution is 1.10. The molecule has 0 unspecified atom stereocenters. The first kappa shape index (κ1) is 13.4. The molecule has 0 bridgehead atoms. The van der Waals surface area contributed by atoms with Gasteiger partial charge in [0.15, 0.2) is 0 Å². The van der Waals surface area contributed by atoms with Crippen LogP contribution in [0, 0.1) is 0 Å². The molecule has 4 aromatic rings. The summed E-state index contributed by atoms with van der Waals surface area (Å²) in [4.78, 5) is 7.52. The van der Waals surface area contributed by atoms with E-state index in [4.69, 9.17) is 0 Å². The lowest BCUT2D eigenvalue weighted by atomic mass is 10.0. The van der Waals surface area contributed by atoms with Gasteiger partial charge in [-0.2, -0.15) is 5.10 Å². The highest BCUT2D eigenvalue weighted by Crippen LogP contribution is 2.33. The Morgan fingerprint density at radius 1 is 0.905 bits per heavy atom. The average Bonchev–Trinajstić information content (AvgIpc) is 3.14. The first-order valence-electron chi connectivity index (χ1n) is 6.45. The van der Waals surface area contributed by atoms with Gasteiger partial charge in [-0.25, -0.2) is 4.98 Å². The summed E-state index contributed by atoms with van der Waals surface area (Å²) in [6.07, 6.45) is 5.62. The molecule has 3 heterocycles. The maximum atomic E-state index is 4.32. The van der Waals surface area contributed by atoms with Crippen LogP contribution in [0.1, 0.15) is 0 Å². The molecular weight excluding hydrogens is 284 g/mol. The normalized spacial score (nSPS) is 10.5. The van der Waals surface area contributed by atoms with Crippen LogP contribution in [0.5, 0.6) is 0 Å². The predicted molar refractivity (Wildman–Crippen MR) is 86.4 cm³/mol. The lowest BCUT2D eigenvalue weighted by Crippen LogP contribution is -1.81. The fourth-order valence-corrected chi connectivity index (χ4v) is 2.49. The molecule has 5 heteroatoms. The van der Waals surface area contributed by atoms with E-state index in [1.165, 1.54) is 0 Å². The number of benzene rings is 1. The van der Waals surface area contributed by atoms with Crippen molar-refractivity contribution in [3.8, 4) is 22.4 Å². The van der Waals surface area contributed by atoms with Crippen molar-refractivity contribution in [3.63, 3.8) is 0 Å². The van der Waals surface area contributed by atoms with Gasteiger partial charge in [-0.05, 0) is 17.7 Å². The van der Waals surface area contributed by atoms with Crippen LogP contribution < -0.4 is 0 Å². The minimum absolute atomic E-state index is 0. The molecule has 0 atom stereocenters. The SMILES string of the molecule is Cl.c1ccc(-c2cn[nH]c2-c2c[nH]c3ncccc23)cc1. The van der Waals surface area contributed by atoms with Crippen LogP contribution in [0.4, 0.5) is 0 Å². The van der Waals surface area contributed by atoms with Crippen molar-refractivity contribution in [3.05, 3.63) is 61.1 Å². The average molecular weight is 297 g/mol. The zero-order chi connectivity index (χ0) is 13.4. The summed E-state index contributed by atoms with van der Waals surface area (Å²) >= 11 is 0. The van der Waals surface area contributed by atoms with Crippen molar-refractivity contribution in [2.24, 2.45) is 0 Å². The van der Waals surface area contributed by atoms with Crippen LogP contribution >= 0.6 is 12.4 Å². The van der Waals surface area contributed by atoms with Gasteiger partial charge >= 0.3 is 0 Å². The molecule has 4 rings (SSSR count). The number of nitrogens with zero attached hydrogens (tertiary/aromatic N) is 2. The third-order valence-corrected chi connectivity index (χ3v) is 3.44. The maximum Gasteiger partial charge on any atom is 0.137 e. The zero-order valence-electron chi connectivity index (χ0n) is 11.1. The Bertz CT molecular complexity index is 864. The Labute approximate surface area is 127 Å². The molecule has 2 N–H and O–H groups in total. The summed E-state index contributed by atoms with van der Waals surface area (Å²) in [5.74, 6) is 0. The number of fused-ring (bicyclic) bond motifs is 1. The Hall–Kier alpha value is -2.59. The van der Waals surface area contributed by atoms with E-state index in [9.17, 15) is 0 Å². The first-order valence-corrected chi connectivity index (χ1v) is 6.45. The van der Waals surface area contributed by atoms with Crippen molar-refractivity contribution in [1.29, 1.82) is 0 Å². The maximum absolute atomic E-state index is 4.32. The standard InChI is InChI=1S/C16H12N4.ClH/c1-2-5-11(6-3-1)13-10-19-20-15(13)14-9-18-16-12(14)7-4-8-17-16;/h1-10H,(H,17,18)(H,19,20);1H. The van der Waals surface area contributed by atoms with Crippen LogP contribution in [0.15, 0.2) is 61.1 Å². The molecule has 1 aromatic carbocycles. The Kier molecular flexibility index (Phi) is 3.46. The number of hydrogen-bond acceptors (Lipinski definition) is 2. The predicted octanol–water partition coefficient (Wildman–Crippen LogP) is 4.04. The monoisotopic (exact) mass is 296 g/mol. The van der Waals surface area contributed by atoms with E-state index in [2.05, 4.69) is 38.4 Å². The second-order valence-electron chi connectivity index (χ2n) is 4.63. The summed E-state index contributed by atoms with van der Waals surface area (Å²) in [6, 6.07) is 14.2. The van der Waals surface area contributed by atoms with Crippen molar-refractivity contribution in [1.82, 2.24) is 20.2 Å². The quantitative estimate of drug-likeness (QED) is 0.586. The second-order valence-corrected chi connectivity index (χ2v) is 4.63. The van der Waals surface area contributed by atoms with Crippen LogP contribution in [0.2, 0.25) is 0 Å². The molecule has 0 aliphatic rings. The molecule has 3 aromatic heterocycles. The molecule has 0 aliphatic carbocycles. The van der Waals surface area contributed by atoms with Crippen molar-refractivity contribution < 1.29 is 0 Å². The summed E-state index contributed by atoms with van der Waals surface area (Å²) in [5, 5.41) is 8.39. The third-order valence-electron chi connectivity index (χ3n) is 3.44. The Balaban J connectivity index is 0.00000132. The van der Waals surface area contributed by atoms with Crippen LogP contribution in [-0.2, 0) is 0 Å². The minimum atomic E-state index is 0. The van der Waals surface area contributed by atoms with E-state index in [1.807, 2.05) is 36.7 Å². The molecule has 0 radical (unpaired) electrons. The van der Waals surface area contributed by atoms with Gasteiger partial charge in [-0.1, -0.05) is 30.3 Å². The molecule has 0 spiro atoms. The largest absolute Gasteiger partial charge is 0.345 e. The van der Waals surface area contributed by atoms with E-state index in [-0.39, 0.29) is 12.4 Å².